The Morgan fingerprint density at radius 2 is 1.83 bits per heavy atom. The molecule has 0 saturated heterocycles. The van der Waals surface area contributed by atoms with Crippen molar-refractivity contribution in [2.24, 2.45) is 0 Å². The summed E-state index contributed by atoms with van der Waals surface area (Å²) >= 11 is 0. The van der Waals surface area contributed by atoms with E-state index in [-0.39, 0.29) is 23.7 Å². The van der Waals surface area contributed by atoms with Gasteiger partial charge >= 0.3 is 0 Å². The van der Waals surface area contributed by atoms with Crippen LogP contribution in [0.25, 0.3) is 0 Å². The van der Waals surface area contributed by atoms with Gasteiger partial charge in [-0.1, -0.05) is 41.5 Å². The Bertz CT molecular complexity index is 850. The normalized spacial score (nSPS) is 19.9. The first-order valence-electron chi connectivity index (χ1n) is 7.31. The summed E-state index contributed by atoms with van der Waals surface area (Å²) in [5, 5.41) is 24.9. The first kappa shape index (κ1) is 13.7. The fraction of sp³-hybridized carbons (Fsp3) is 0.188. The standard InChI is InChI=1S/C16H14FN5O/c17-12-7-3-1-5-10(12)14-9-13(11-6-2-4-8-15(11)23)18-16-19-20-21-22(14)16/h1-8,13-14,23H,9H2,(H,18,19,21)/t13-,14-/m0/s1. The number of rotatable bonds is 2. The Labute approximate surface area is 131 Å². The first-order chi connectivity index (χ1) is 11.2. The first-order valence-corrected chi connectivity index (χ1v) is 7.31. The van der Waals surface area contributed by atoms with Gasteiger partial charge in [0.25, 0.3) is 0 Å². The largest absolute Gasteiger partial charge is 0.508 e. The lowest BCUT2D eigenvalue weighted by atomic mass is 9.92. The lowest BCUT2D eigenvalue weighted by molar-refractivity contribution is 0.398. The number of benzene rings is 2. The van der Waals surface area contributed by atoms with Gasteiger partial charge in [-0.25, -0.2) is 9.07 Å². The van der Waals surface area contributed by atoms with Crippen LogP contribution in [0, 0.1) is 5.82 Å². The summed E-state index contributed by atoms with van der Waals surface area (Å²) in [6, 6.07) is 13.1. The molecule has 3 aromatic rings. The third-order valence-corrected chi connectivity index (χ3v) is 4.13. The quantitative estimate of drug-likeness (QED) is 0.761. The molecule has 1 aliphatic rings. The molecule has 2 atom stereocenters. The molecule has 4 rings (SSSR count). The topological polar surface area (TPSA) is 75.9 Å². The molecule has 0 bridgehead atoms. The van der Waals surface area contributed by atoms with Crippen molar-refractivity contribution in [2.45, 2.75) is 18.5 Å². The maximum atomic E-state index is 14.2. The highest BCUT2D eigenvalue weighted by Gasteiger charge is 2.32. The number of halogens is 1. The molecule has 0 fully saturated rings. The van der Waals surface area contributed by atoms with E-state index in [2.05, 4.69) is 20.8 Å². The molecular formula is C16H14FN5O. The van der Waals surface area contributed by atoms with Crippen LogP contribution in [0.1, 0.15) is 29.6 Å². The van der Waals surface area contributed by atoms with Crippen molar-refractivity contribution in [1.29, 1.82) is 0 Å². The number of fused-ring (bicyclic) bond motifs is 1. The minimum absolute atomic E-state index is 0.193. The van der Waals surface area contributed by atoms with Crippen molar-refractivity contribution < 1.29 is 9.50 Å². The van der Waals surface area contributed by atoms with Crippen molar-refractivity contribution in [2.75, 3.05) is 5.32 Å². The van der Waals surface area contributed by atoms with Crippen LogP contribution in [0.2, 0.25) is 0 Å². The predicted octanol–water partition coefficient (Wildman–Crippen LogP) is 2.66. The van der Waals surface area contributed by atoms with E-state index >= 15 is 0 Å². The van der Waals surface area contributed by atoms with Crippen LogP contribution < -0.4 is 5.32 Å². The highest BCUT2D eigenvalue weighted by atomic mass is 19.1. The maximum Gasteiger partial charge on any atom is 0.244 e. The molecule has 0 saturated carbocycles. The van der Waals surface area contributed by atoms with Gasteiger partial charge in [-0.2, -0.15) is 0 Å². The molecular weight excluding hydrogens is 297 g/mol. The number of anilines is 1. The monoisotopic (exact) mass is 311 g/mol. The molecule has 116 valence electrons. The second-order valence-corrected chi connectivity index (χ2v) is 5.48. The van der Waals surface area contributed by atoms with Crippen LogP contribution in [0.3, 0.4) is 0 Å². The molecule has 7 heteroatoms. The average Bonchev–Trinajstić information content (AvgIpc) is 3.03. The van der Waals surface area contributed by atoms with Crippen LogP contribution in [-0.4, -0.2) is 25.3 Å². The summed E-state index contributed by atoms with van der Waals surface area (Å²) in [5.74, 6) is 0.354. The highest BCUT2D eigenvalue weighted by Crippen LogP contribution is 2.39. The Morgan fingerprint density at radius 1 is 1.09 bits per heavy atom. The van der Waals surface area contributed by atoms with Gasteiger partial charge in [-0.3, -0.25) is 0 Å². The van der Waals surface area contributed by atoms with E-state index in [1.165, 1.54) is 6.07 Å². The van der Waals surface area contributed by atoms with Crippen molar-refractivity contribution in [3.8, 4) is 5.75 Å². The summed E-state index contributed by atoms with van der Waals surface area (Å²) in [7, 11) is 0. The van der Waals surface area contributed by atoms with E-state index in [1.807, 2.05) is 12.1 Å². The number of phenols is 1. The van der Waals surface area contributed by atoms with Gasteiger partial charge in [0.1, 0.15) is 11.6 Å². The Morgan fingerprint density at radius 3 is 2.61 bits per heavy atom. The minimum Gasteiger partial charge on any atom is -0.508 e. The second kappa shape index (κ2) is 5.35. The predicted molar refractivity (Wildman–Crippen MR) is 81.4 cm³/mol. The SMILES string of the molecule is Oc1ccccc1[C@@H]1C[C@@H](c2ccccc2F)n2nnnc2N1. The number of hydrogen-bond acceptors (Lipinski definition) is 5. The van der Waals surface area contributed by atoms with E-state index < -0.39 is 0 Å². The van der Waals surface area contributed by atoms with Crippen LogP contribution in [-0.2, 0) is 0 Å². The number of phenolic OH excluding ortho intramolecular Hbond substituents is 1. The molecule has 0 radical (unpaired) electrons. The van der Waals surface area contributed by atoms with Gasteiger partial charge in [0.2, 0.25) is 5.95 Å². The third-order valence-electron chi connectivity index (χ3n) is 4.13. The number of tetrazole rings is 1. The van der Waals surface area contributed by atoms with Crippen molar-refractivity contribution in [3.63, 3.8) is 0 Å². The summed E-state index contributed by atoms with van der Waals surface area (Å²) in [6.07, 6.45) is 0.524. The zero-order valence-electron chi connectivity index (χ0n) is 12.1. The smallest absolute Gasteiger partial charge is 0.244 e. The lowest BCUT2D eigenvalue weighted by Crippen LogP contribution is -2.28. The minimum atomic E-state index is -0.341. The zero-order chi connectivity index (χ0) is 15.8. The number of aromatic hydroxyl groups is 1. The van der Waals surface area contributed by atoms with E-state index in [9.17, 15) is 9.50 Å². The molecule has 0 amide bonds. The molecule has 1 aliphatic heterocycles. The van der Waals surface area contributed by atoms with E-state index in [1.54, 1.807) is 35.0 Å². The van der Waals surface area contributed by atoms with Crippen molar-refractivity contribution >= 4 is 5.95 Å². The Kier molecular flexibility index (Phi) is 3.18. The van der Waals surface area contributed by atoms with Crippen molar-refractivity contribution in [1.82, 2.24) is 20.2 Å². The number of nitrogens with zero attached hydrogens (tertiary/aromatic N) is 4. The lowest BCUT2D eigenvalue weighted by Gasteiger charge is -2.31. The van der Waals surface area contributed by atoms with Gasteiger partial charge in [0, 0.05) is 11.1 Å². The summed E-state index contributed by atoms with van der Waals surface area (Å²) in [4.78, 5) is 0. The molecule has 0 unspecified atom stereocenters. The molecule has 2 heterocycles. The number of aromatic nitrogens is 4. The average molecular weight is 311 g/mol. The highest BCUT2D eigenvalue weighted by molar-refractivity contribution is 5.42. The molecule has 23 heavy (non-hydrogen) atoms. The van der Waals surface area contributed by atoms with Gasteiger partial charge in [0.15, 0.2) is 0 Å². The van der Waals surface area contributed by atoms with E-state index in [4.69, 9.17) is 0 Å². The number of nitrogens with one attached hydrogen (secondary N) is 1. The van der Waals surface area contributed by atoms with E-state index in [0.717, 1.165) is 5.56 Å². The maximum absolute atomic E-state index is 14.2. The van der Waals surface area contributed by atoms with Crippen LogP contribution in [0.4, 0.5) is 10.3 Å². The number of hydrogen-bond donors (Lipinski definition) is 2. The van der Waals surface area contributed by atoms with Crippen LogP contribution in [0.15, 0.2) is 48.5 Å². The number of para-hydroxylation sites is 1. The summed E-state index contributed by atoms with van der Waals surface area (Å²) in [5.41, 5.74) is 1.27. The summed E-state index contributed by atoms with van der Waals surface area (Å²) < 4.78 is 15.8. The van der Waals surface area contributed by atoms with Crippen LogP contribution >= 0.6 is 0 Å². The molecule has 2 aromatic carbocycles. The molecule has 0 spiro atoms. The van der Waals surface area contributed by atoms with Gasteiger partial charge < -0.3 is 10.4 Å². The fourth-order valence-electron chi connectivity index (χ4n) is 3.03. The van der Waals surface area contributed by atoms with Crippen molar-refractivity contribution in [3.05, 3.63) is 65.5 Å². The van der Waals surface area contributed by atoms with Gasteiger partial charge in [-0.05, 0) is 29.0 Å². The third kappa shape index (κ3) is 2.30. The zero-order valence-corrected chi connectivity index (χ0v) is 12.1. The van der Waals surface area contributed by atoms with Gasteiger partial charge in [0.05, 0.1) is 12.1 Å². The molecule has 0 aliphatic carbocycles. The molecule has 2 N–H and O–H groups in total. The Hall–Kier alpha value is -2.96. The van der Waals surface area contributed by atoms with E-state index in [0.29, 0.717) is 17.9 Å². The Balaban J connectivity index is 1.79. The van der Waals surface area contributed by atoms with Gasteiger partial charge in [-0.15, -0.1) is 0 Å². The molecule has 6 nitrogen and oxygen atoms in total. The fourth-order valence-corrected chi connectivity index (χ4v) is 3.03. The summed E-state index contributed by atoms with van der Waals surface area (Å²) in [6.45, 7) is 0. The molecule has 1 aromatic heterocycles. The van der Waals surface area contributed by atoms with Crippen LogP contribution in [0.5, 0.6) is 5.75 Å². The second-order valence-electron chi connectivity index (χ2n) is 5.48.